The second-order valence-corrected chi connectivity index (χ2v) is 4.99. The van der Waals surface area contributed by atoms with E-state index < -0.39 is 17.6 Å². The number of phenols is 1. The molecule has 0 heterocycles. The quantitative estimate of drug-likeness (QED) is 0.448. The lowest BCUT2D eigenvalue weighted by molar-refractivity contribution is -0.136. The van der Waals surface area contributed by atoms with E-state index >= 15 is 0 Å². The molecule has 0 aliphatic carbocycles. The fourth-order valence-corrected chi connectivity index (χ4v) is 1.87. The van der Waals surface area contributed by atoms with Gasteiger partial charge in [0.1, 0.15) is 5.82 Å². The first-order valence-electron chi connectivity index (χ1n) is 7.19. The highest BCUT2D eigenvalue weighted by atomic mass is 19.1. The molecule has 0 saturated heterocycles. The molecule has 130 valence electrons. The maximum absolute atomic E-state index is 12.8. The lowest BCUT2D eigenvalue weighted by Crippen LogP contribution is -2.32. The summed E-state index contributed by atoms with van der Waals surface area (Å²) in [6.45, 7) is 1.62. The minimum atomic E-state index is -0.977. The third-order valence-corrected chi connectivity index (χ3v) is 3.23. The van der Waals surface area contributed by atoms with E-state index in [1.54, 1.807) is 19.1 Å². The number of benzene rings is 2. The average molecular weight is 345 g/mol. The maximum Gasteiger partial charge on any atom is 0.329 e. The number of anilines is 1. The largest absolute Gasteiger partial charge is 0.504 e. The van der Waals surface area contributed by atoms with Crippen molar-refractivity contribution >= 4 is 23.2 Å². The third-order valence-electron chi connectivity index (χ3n) is 3.23. The van der Waals surface area contributed by atoms with E-state index in [2.05, 4.69) is 15.8 Å². The monoisotopic (exact) mass is 345 g/mol. The van der Waals surface area contributed by atoms with Crippen LogP contribution < -0.4 is 15.5 Å². The number of amides is 2. The molecule has 0 radical (unpaired) electrons. The van der Waals surface area contributed by atoms with Gasteiger partial charge in [0.05, 0.1) is 12.8 Å². The summed E-state index contributed by atoms with van der Waals surface area (Å²) in [6.07, 6.45) is 0. The van der Waals surface area contributed by atoms with Gasteiger partial charge in [0, 0.05) is 11.3 Å². The van der Waals surface area contributed by atoms with E-state index in [-0.39, 0.29) is 17.2 Å². The van der Waals surface area contributed by atoms with Crippen molar-refractivity contribution in [3.63, 3.8) is 0 Å². The number of methoxy groups -OCH3 is 1. The number of phenolic OH excluding ortho intramolecular Hbond substituents is 1. The second kappa shape index (κ2) is 7.91. The number of carbonyl (C=O) groups excluding carboxylic acids is 2. The van der Waals surface area contributed by atoms with Gasteiger partial charge < -0.3 is 15.2 Å². The molecule has 7 nitrogen and oxygen atoms in total. The standard InChI is InChI=1S/C17H16FN3O4/c1-10(11-3-8-14(22)15(9-11)25-2)20-21-17(24)16(23)19-13-6-4-12(18)5-7-13/h3-9,22H,1-2H3,(H,19,23)(H,21,24)/b20-10+. The number of aromatic hydroxyl groups is 1. The Hall–Kier alpha value is -3.42. The molecule has 0 unspecified atom stereocenters. The predicted octanol–water partition coefficient (Wildman–Crippen LogP) is 2.02. The van der Waals surface area contributed by atoms with Crippen LogP contribution in [0.25, 0.3) is 0 Å². The number of ether oxygens (including phenoxy) is 1. The molecule has 8 heteroatoms. The van der Waals surface area contributed by atoms with Crippen molar-refractivity contribution in [1.29, 1.82) is 0 Å². The summed E-state index contributed by atoms with van der Waals surface area (Å²) in [5, 5.41) is 15.7. The Morgan fingerprint density at radius 1 is 1.12 bits per heavy atom. The first kappa shape index (κ1) is 17.9. The highest BCUT2D eigenvalue weighted by Crippen LogP contribution is 2.26. The van der Waals surface area contributed by atoms with Gasteiger partial charge in [-0.3, -0.25) is 9.59 Å². The molecule has 0 bridgehead atoms. The first-order valence-corrected chi connectivity index (χ1v) is 7.19. The summed E-state index contributed by atoms with van der Waals surface area (Å²) in [5.41, 5.74) is 3.40. The van der Waals surface area contributed by atoms with Crippen LogP contribution in [0.1, 0.15) is 12.5 Å². The summed E-state index contributed by atoms with van der Waals surface area (Å²) in [6, 6.07) is 9.54. The minimum absolute atomic E-state index is 0.0261. The summed E-state index contributed by atoms with van der Waals surface area (Å²) >= 11 is 0. The lowest BCUT2D eigenvalue weighted by Gasteiger charge is -2.07. The molecule has 2 aromatic rings. The molecule has 0 aliphatic rings. The normalized spacial score (nSPS) is 10.9. The molecule has 2 amide bonds. The molecule has 2 aromatic carbocycles. The maximum atomic E-state index is 12.8. The van der Waals surface area contributed by atoms with Gasteiger partial charge in [-0.2, -0.15) is 5.10 Å². The minimum Gasteiger partial charge on any atom is -0.504 e. The van der Waals surface area contributed by atoms with Crippen molar-refractivity contribution in [2.24, 2.45) is 5.10 Å². The molecule has 0 saturated carbocycles. The van der Waals surface area contributed by atoms with Crippen LogP contribution in [0.5, 0.6) is 11.5 Å². The van der Waals surface area contributed by atoms with Crippen LogP contribution in [0.4, 0.5) is 10.1 Å². The molecule has 0 aliphatic heterocycles. The second-order valence-electron chi connectivity index (χ2n) is 4.99. The summed E-state index contributed by atoms with van der Waals surface area (Å²) in [4.78, 5) is 23.5. The van der Waals surface area contributed by atoms with E-state index in [0.717, 1.165) is 12.1 Å². The van der Waals surface area contributed by atoms with Crippen molar-refractivity contribution < 1.29 is 23.8 Å². The van der Waals surface area contributed by atoms with Gasteiger partial charge in [-0.05, 0) is 49.4 Å². The van der Waals surface area contributed by atoms with Gasteiger partial charge in [-0.1, -0.05) is 0 Å². The van der Waals surface area contributed by atoms with Gasteiger partial charge in [-0.15, -0.1) is 0 Å². The van der Waals surface area contributed by atoms with Crippen LogP contribution in [0.3, 0.4) is 0 Å². The van der Waals surface area contributed by atoms with Gasteiger partial charge in [0.25, 0.3) is 0 Å². The van der Waals surface area contributed by atoms with E-state index in [1.807, 2.05) is 0 Å². The zero-order valence-corrected chi connectivity index (χ0v) is 13.5. The van der Waals surface area contributed by atoms with Crippen LogP contribution >= 0.6 is 0 Å². The summed E-state index contributed by atoms with van der Waals surface area (Å²) in [7, 11) is 1.41. The Morgan fingerprint density at radius 2 is 1.80 bits per heavy atom. The van der Waals surface area contributed by atoms with Crippen molar-refractivity contribution in [3.8, 4) is 11.5 Å². The van der Waals surface area contributed by atoms with Crippen LogP contribution in [-0.4, -0.2) is 29.7 Å². The molecule has 0 spiro atoms. The molecule has 0 atom stereocenters. The van der Waals surface area contributed by atoms with Crippen molar-refractivity contribution in [2.45, 2.75) is 6.92 Å². The Bertz CT molecular complexity index is 819. The van der Waals surface area contributed by atoms with Crippen molar-refractivity contribution in [3.05, 3.63) is 53.8 Å². The third kappa shape index (κ3) is 4.77. The molecule has 2 rings (SSSR count). The number of hydrogen-bond acceptors (Lipinski definition) is 5. The SMILES string of the molecule is COc1cc(/C(C)=N/NC(=O)C(=O)Nc2ccc(F)cc2)ccc1O. The number of hydrogen-bond donors (Lipinski definition) is 3. The Balaban J connectivity index is 2.00. The molecular formula is C17H16FN3O4. The lowest BCUT2D eigenvalue weighted by atomic mass is 10.1. The van der Waals surface area contributed by atoms with E-state index in [9.17, 15) is 19.1 Å². The number of carbonyl (C=O) groups is 2. The molecule has 0 aromatic heterocycles. The smallest absolute Gasteiger partial charge is 0.329 e. The topological polar surface area (TPSA) is 100 Å². The highest BCUT2D eigenvalue weighted by molar-refractivity contribution is 6.39. The zero-order chi connectivity index (χ0) is 18.4. The van der Waals surface area contributed by atoms with E-state index in [1.165, 1.54) is 25.3 Å². The fourth-order valence-electron chi connectivity index (χ4n) is 1.87. The summed E-state index contributed by atoms with van der Waals surface area (Å²) in [5.74, 6) is -2.14. The van der Waals surface area contributed by atoms with E-state index in [0.29, 0.717) is 11.3 Å². The number of nitrogens with zero attached hydrogens (tertiary/aromatic N) is 1. The zero-order valence-electron chi connectivity index (χ0n) is 13.5. The predicted molar refractivity (Wildman–Crippen MR) is 90.0 cm³/mol. The van der Waals surface area contributed by atoms with Crippen LogP contribution in [0, 0.1) is 5.82 Å². The first-order chi connectivity index (χ1) is 11.9. The Kier molecular flexibility index (Phi) is 5.67. The van der Waals surface area contributed by atoms with Crippen LogP contribution in [0.15, 0.2) is 47.6 Å². The van der Waals surface area contributed by atoms with Gasteiger partial charge in [0.2, 0.25) is 0 Å². The number of nitrogens with one attached hydrogen (secondary N) is 2. The number of rotatable bonds is 4. The fraction of sp³-hybridized carbons (Fsp3) is 0.118. The number of hydrazone groups is 1. The van der Waals surface area contributed by atoms with Crippen LogP contribution in [0.2, 0.25) is 0 Å². The van der Waals surface area contributed by atoms with Crippen molar-refractivity contribution in [1.82, 2.24) is 5.43 Å². The molecule has 25 heavy (non-hydrogen) atoms. The highest BCUT2D eigenvalue weighted by Gasteiger charge is 2.13. The average Bonchev–Trinajstić information content (AvgIpc) is 2.61. The van der Waals surface area contributed by atoms with Crippen LogP contribution in [-0.2, 0) is 9.59 Å². The van der Waals surface area contributed by atoms with Gasteiger partial charge in [-0.25, -0.2) is 9.82 Å². The molecule has 3 N–H and O–H groups in total. The van der Waals surface area contributed by atoms with E-state index in [4.69, 9.17) is 4.74 Å². The Labute approximate surface area is 143 Å². The summed E-state index contributed by atoms with van der Waals surface area (Å²) < 4.78 is 17.8. The van der Waals surface area contributed by atoms with Gasteiger partial charge >= 0.3 is 11.8 Å². The molecule has 0 fully saturated rings. The molecular weight excluding hydrogens is 329 g/mol. The number of halogens is 1. The van der Waals surface area contributed by atoms with Gasteiger partial charge in [0.15, 0.2) is 11.5 Å². The Morgan fingerprint density at radius 3 is 2.44 bits per heavy atom. The van der Waals surface area contributed by atoms with Crippen molar-refractivity contribution in [2.75, 3.05) is 12.4 Å².